The molecular formula is C18H15F3N4O4. The van der Waals surface area contributed by atoms with Crippen LogP contribution in [0.4, 0.5) is 24.5 Å². The van der Waals surface area contributed by atoms with Gasteiger partial charge in [-0.25, -0.2) is 0 Å². The van der Waals surface area contributed by atoms with Crippen molar-refractivity contribution in [2.24, 2.45) is 0 Å². The number of hydrogen-bond donors (Lipinski definition) is 2. The van der Waals surface area contributed by atoms with Crippen molar-refractivity contribution in [3.05, 3.63) is 63.7 Å². The number of nitro groups is 1. The van der Waals surface area contributed by atoms with E-state index in [0.29, 0.717) is 6.07 Å². The lowest BCUT2D eigenvalue weighted by molar-refractivity contribution is -0.384. The maximum atomic E-state index is 12.7. The predicted molar refractivity (Wildman–Crippen MR) is 96.2 cm³/mol. The van der Waals surface area contributed by atoms with Crippen LogP contribution in [-0.4, -0.2) is 30.5 Å². The first-order valence-corrected chi connectivity index (χ1v) is 8.20. The first kappa shape index (κ1) is 21.5. The molecular weight excluding hydrogens is 393 g/mol. The van der Waals surface area contributed by atoms with Crippen molar-refractivity contribution < 1.29 is 27.6 Å². The lowest BCUT2D eigenvalue weighted by Crippen LogP contribution is -2.32. The Morgan fingerprint density at radius 1 is 1.21 bits per heavy atom. The van der Waals surface area contributed by atoms with Crippen LogP contribution in [0.1, 0.15) is 11.1 Å². The number of carbonyl (C=O) groups excluding carboxylic acids is 1. The number of nitro benzene ring substituents is 1. The van der Waals surface area contributed by atoms with Gasteiger partial charge in [-0.3, -0.25) is 14.9 Å². The summed E-state index contributed by atoms with van der Waals surface area (Å²) in [4.78, 5) is 21.9. The molecule has 0 aliphatic heterocycles. The molecule has 0 saturated heterocycles. The number of nitriles is 1. The van der Waals surface area contributed by atoms with Crippen LogP contribution >= 0.6 is 0 Å². The SMILES string of the molecule is N#Cc1ccccc1OCC(=O)NCCNc1ccc(C(F)(F)F)cc1[N+](=O)[O-]. The van der Waals surface area contributed by atoms with Gasteiger partial charge in [0.05, 0.1) is 16.1 Å². The van der Waals surface area contributed by atoms with Gasteiger partial charge < -0.3 is 15.4 Å². The van der Waals surface area contributed by atoms with Crippen molar-refractivity contribution in [1.82, 2.24) is 5.32 Å². The van der Waals surface area contributed by atoms with Crippen LogP contribution < -0.4 is 15.4 Å². The summed E-state index contributed by atoms with van der Waals surface area (Å²) in [6.07, 6.45) is -4.69. The minimum Gasteiger partial charge on any atom is -0.482 e. The quantitative estimate of drug-likeness (QED) is 0.394. The Morgan fingerprint density at radius 3 is 2.59 bits per heavy atom. The van der Waals surface area contributed by atoms with E-state index in [9.17, 15) is 28.1 Å². The number of benzene rings is 2. The summed E-state index contributed by atoms with van der Waals surface area (Å²) in [7, 11) is 0. The second-order valence-corrected chi connectivity index (χ2v) is 5.66. The lowest BCUT2D eigenvalue weighted by atomic mass is 10.1. The number of carbonyl (C=O) groups is 1. The Balaban J connectivity index is 1.85. The maximum Gasteiger partial charge on any atom is 0.416 e. The van der Waals surface area contributed by atoms with Gasteiger partial charge in [0.2, 0.25) is 0 Å². The van der Waals surface area contributed by atoms with Crippen LogP contribution in [0.3, 0.4) is 0 Å². The van der Waals surface area contributed by atoms with E-state index in [0.717, 1.165) is 12.1 Å². The van der Waals surface area contributed by atoms with E-state index >= 15 is 0 Å². The topological polar surface area (TPSA) is 117 Å². The van der Waals surface area contributed by atoms with Crippen molar-refractivity contribution in [1.29, 1.82) is 5.26 Å². The van der Waals surface area contributed by atoms with E-state index in [1.807, 2.05) is 6.07 Å². The Labute approximate surface area is 163 Å². The third-order valence-corrected chi connectivity index (χ3v) is 3.65. The summed E-state index contributed by atoms with van der Waals surface area (Å²) in [5.41, 5.74) is -1.67. The fourth-order valence-electron chi connectivity index (χ4n) is 2.29. The largest absolute Gasteiger partial charge is 0.482 e. The van der Waals surface area contributed by atoms with Gasteiger partial charge in [0, 0.05) is 19.2 Å². The second kappa shape index (κ2) is 9.41. The average Bonchev–Trinajstić information content (AvgIpc) is 2.69. The van der Waals surface area contributed by atoms with Crippen LogP contribution in [0, 0.1) is 21.4 Å². The molecule has 1 amide bonds. The molecule has 0 aliphatic carbocycles. The summed E-state index contributed by atoms with van der Waals surface area (Å²) in [6.45, 7) is -0.272. The zero-order valence-electron chi connectivity index (χ0n) is 14.8. The van der Waals surface area contributed by atoms with Crippen molar-refractivity contribution in [3.8, 4) is 11.8 Å². The Morgan fingerprint density at radius 2 is 1.93 bits per heavy atom. The Hall–Kier alpha value is -3.81. The van der Waals surface area contributed by atoms with Gasteiger partial charge in [-0.05, 0) is 24.3 Å². The molecule has 0 aliphatic rings. The number of alkyl halides is 3. The van der Waals surface area contributed by atoms with Crippen LogP contribution in [-0.2, 0) is 11.0 Å². The lowest BCUT2D eigenvalue weighted by Gasteiger charge is -2.11. The highest BCUT2D eigenvalue weighted by molar-refractivity contribution is 5.77. The van der Waals surface area contributed by atoms with E-state index in [2.05, 4.69) is 10.6 Å². The van der Waals surface area contributed by atoms with Crippen LogP contribution in [0.5, 0.6) is 5.75 Å². The standard InChI is InChI=1S/C18H15F3N4O4/c19-18(20,21)13-5-6-14(15(9-13)25(27)28)23-7-8-24-17(26)11-29-16-4-2-1-3-12(16)10-22/h1-6,9,23H,7-8,11H2,(H,24,26). The fraction of sp³-hybridized carbons (Fsp3) is 0.222. The minimum atomic E-state index is -4.69. The van der Waals surface area contributed by atoms with Crippen molar-refractivity contribution >= 4 is 17.3 Å². The van der Waals surface area contributed by atoms with Gasteiger partial charge in [-0.15, -0.1) is 0 Å². The first-order chi connectivity index (χ1) is 13.7. The summed E-state index contributed by atoms with van der Waals surface area (Å²) < 4.78 is 43.3. The van der Waals surface area contributed by atoms with Gasteiger partial charge in [0.25, 0.3) is 11.6 Å². The molecule has 0 fully saturated rings. The molecule has 152 valence electrons. The van der Waals surface area contributed by atoms with Gasteiger partial charge >= 0.3 is 6.18 Å². The highest BCUT2D eigenvalue weighted by Gasteiger charge is 2.32. The van der Waals surface area contributed by atoms with E-state index < -0.39 is 28.3 Å². The number of nitrogens with one attached hydrogen (secondary N) is 2. The molecule has 0 saturated carbocycles. The molecule has 0 heterocycles. The third kappa shape index (κ3) is 6.10. The molecule has 2 N–H and O–H groups in total. The van der Waals surface area contributed by atoms with E-state index in [1.165, 1.54) is 12.1 Å². The Kier molecular flexibility index (Phi) is 6.97. The molecule has 11 heteroatoms. The van der Waals surface area contributed by atoms with Crippen molar-refractivity contribution in [3.63, 3.8) is 0 Å². The van der Waals surface area contributed by atoms with E-state index in [4.69, 9.17) is 10.00 Å². The van der Waals surface area contributed by atoms with Crippen LogP contribution in [0.15, 0.2) is 42.5 Å². The van der Waals surface area contributed by atoms with Gasteiger partial charge in [0.15, 0.2) is 6.61 Å². The normalized spacial score (nSPS) is 10.7. The first-order valence-electron chi connectivity index (χ1n) is 8.20. The number of hydrogen-bond acceptors (Lipinski definition) is 6. The molecule has 2 aromatic carbocycles. The predicted octanol–water partition coefficient (Wildman–Crippen LogP) is 3.09. The smallest absolute Gasteiger partial charge is 0.416 e. The van der Waals surface area contributed by atoms with Crippen molar-refractivity contribution in [2.45, 2.75) is 6.18 Å². The molecule has 0 atom stereocenters. The molecule has 0 aromatic heterocycles. The third-order valence-electron chi connectivity index (χ3n) is 3.65. The molecule has 8 nitrogen and oxygen atoms in total. The molecule has 29 heavy (non-hydrogen) atoms. The molecule has 0 radical (unpaired) electrons. The highest BCUT2D eigenvalue weighted by atomic mass is 19.4. The zero-order chi connectivity index (χ0) is 21.4. The monoisotopic (exact) mass is 408 g/mol. The number of nitrogens with zero attached hydrogens (tertiary/aromatic N) is 2. The summed E-state index contributed by atoms with van der Waals surface area (Å²) >= 11 is 0. The number of amides is 1. The molecule has 0 unspecified atom stereocenters. The maximum absolute atomic E-state index is 12.7. The van der Waals surface area contributed by atoms with Crippen molar-refractivity contribution in [2.75, 3.05) is 25.0 Å². The number of rotatable bonds is 8. The number of anilines is 1. The zero-order valence-corrected chi connectivity index (χ0v) is 14.8. The van der Waals surface area contributed by atoms with Gasteiger partial charge in [-0.1, -0.05) is 12.1 Å². The van der Waals surface area contributed by atoms with Gasteiger partial charge in [0.1, 0.15) is 17.5 Å². The summed E-state index contributed by atoms with van der Waals surface area (Å²) in [5, 5.41) is 25.0. The van der Waals surface area contributed by atoms with Gasteiger partial charge in [-0.2, -0.15) is 18.4 Å². The molecule has 0 bridgehead atoms. The molecule has 2 aromatic rings. The van der Waals surface area contributed by atoms with E-state index in [1.54, 1.807) is 12.1 Å². The fourth-order valence-corrected chi connectivity index (χ4v) is 2.29. The highest BCUT2D eigenvalue weighted by Crippen LogP contribution is 2.34. The minimum absolute atomic E-state index is 0.0345. The van der Waals surface area contributed by atoms with Crippen LogP contribution in [0.2, 0.25) is 0 Å². The number of para-hydroxylation sites is 1. The summed E-state index contributed by atoms with van der Waals surface area (Å²) in [5.74, 6) is -0.245. The number of halogens is 3. The Bertz CT molecular complexity index is 941. The average molecular weight is 408 g/mol. The number of ether oxygens (including phenoxy) is 1. The van der Waals surface area contributed by atoms with Crippen LogP contribution in [0.25, 0.3) is 0 Å². The van der Waals surface area contributed by atoms with E-state index in [-0.39, 0.29) is 36.7 Å². The second-order valence-electron chi connectivity index (χ2n) is 5.66. The molecule has 0 spiro atoms. The summed E-state index contributed by atoms with van der Waals surface area (Å²) in [6, 6.07) is 10.4. The molecule has 2 rings (SSSR count).